The molecule has 0 bridgehead atoms. The highest BCUT2D eigenvalue weighted by Gasteiger charge is 2.14. The van der Waals surface area contributed by atoms with Gasteiger partial charge in [0.15, 0.2) is 0 Å². The highest BCUT2D eigenvalue weighted by molar-refractivity contribution is 9.10. The van der Waals surface area contributed by atoms with Gasteiger partial charge in [-0.2, -0.15) is 5.10 Å². The quantitative estimate of drug-likeness (QED) is 0.493. The summed E-state index contributed by atoms with van der Waals surface area (Å²) in [5, 5.41) is 11.6. The first kappa shape index (κ1) is 17.8. The first-order chi connectivity index (χ1) is 13.1. The van der Waals surface area contributed by atoms with Crippen LogP contribution < -0.4 is 5.76 Å². The maximum absolute atomic E-state index is 11.1. The summed E-state index contributed by atoms with van der Waals surface area (Å²) in [6.07, 6.45) is 3.10. The third-order valence-corrected chi connectivity index (χ3v) is 4.87. The number of H-pyrrole nitrogens is 1. The number of aromatic amines is 1. The lowest BCUT2D eigenvalue weighted by molar-refractivity contribution is 0.461. The zero-order valence-electron chi connectivity index (χ0n) is 14.0. The van der Waals surface area contributed by atoms with Crippen molar-refractivity contribution in [3.63, 3.8) is 0 Å². The van der Waals surface area contributed by atoms with Crippen molar-refractivity contribution in [2.75, 3.05) is 0 Å². The van der Waals surface area contributed by atoms with E-state index in [-0.39, 0.29) is 0 Å². The Hall–Kier alpha value is -2.64. The molecule has 0 amide bonds. The van der Waals surface area contributed by atoms with Gasteiger partial charge in [0.1, 0.15) is 0 Å². The Balaban J connectivity index is 1.71. The van der Waals surface area contributed by atoms with Gasteiger partial charge in [-0.15, -0.1) is 5.10 Å². The van der Waals surface area contributed by atoms with Crippen molar-refractivity contribution in [1.29, 1.82) is 0 Å². The smallest absolute Gasteiger partial charge is 0.392 e. The molecule has 2 aromatic heterocycles. The Labute approximate surface area is 167 Å². The molecule has 0 fully saturated rings. The molecule has 6 nitrogen and oxygen atoms in total. The summed E-state index contributed by atoms with van der Waals surface area (Å²) in [5.41, 5.74) is 3.79. The maximum atomic E-state index is 11.1. The zero-order chi connectivity index (χ0) is 18.8. The van der Waals surface area contributed by atoms with Gasteiger partial charge >= 0.3 is 5.76 Å². The summed E-state index contributed by atoms with van der Waals surface area (Å²) >= 11 is 9.46. The molecule has 8 heteroatoms. The summed E-state index contributed by atoms with van der Waals surface area (Å²) in [4.78, 5) is 11.1. The molecule has 0 saturated carbocycles. The van der Waals surface area contributed by atoms with Gasteiger partial charge < -0.3 is 4.42 Å². The molecule has 2 aromatic carbocycles. The molecular formula is C19H14BrClN4O2. The average molecular weight is 446 g/mol. The molecule has 0 radical (unpaired) electrons. The molecule has 0 aliphatic heterocycles. The number of hydrogen-bond donors (Lipinski definition) is 1. The van der Waals surface area contributed by atoms with Gasteiger partial charge in [-0.3, -0.25) is 0 Å². The van der Waals surface area contributed by atoms with Gasteiger partial charge in [-0.1, -0.05) is 39.7 Å². The van der Waals surface area contributed by atoms with E-state index in [1.54, 1.807) is 0 Å². The van der Waals surface area contributed by atoms with Crippen molar-refractivity contribution in [2.24, 2.45) is 0 Å². The monoisotopic (exact) mass is 444 g/mol. The van der Waals surface area contributed by atoms with Crippen LogP contribution in [0.1, 0.15) is 11.5 Å². The Bertz CT molecular complexity index is 1110. The van der Waals surface area contributed by atoms with Gasteiger partial charge in [-0.25, -0.2) is 14.6 Å². The van der Waals surface area contributed by atoms with E-state index in [4.69, 9.17) is 21.1 Å². The van der Waals surface area contributed by atoms with Crippen LogP contribution in [0.25, 0.3) is 16.9 Å². The van der Waals surface area contributed by atoms with Crippen LogP contribution in [0.2, 0.25) is 5.02 Å². The minimum absolute atomic E-state index is 0.374. The fourth-order valence-corrected chi connectivity index (χ4v) is 3.17. The van der Waals surface area contributed by atoms with E-state index < -0.39 is 5.76 Å². The second-order valence-electron chi connectivity index (χ2n) is 5.94. The largest absolute Gasteiger partial charge is 0.434 e. The average Bonchev–Trinajstić information content (AvgIpc) is 3.27. The normalized spacial score (nSPS) is 11.0. The first-order valence-electron chi connectivity index (χ1n) is 8.23. The van der Waals surface area contributed by atoms with Crippen LogP contribution in [0.5, 0.6) is 0 Å². The van der Waals surface area contributed by atoms with E-state index in [2.05, 4.69) is 26.1 Å². The number of benzene rings is 2. The summed E-state index contributed by atoms with van der Waals surface area (Å²) in [5.74, 6) is -0.174. The third kappa shape index (κ3) is 4.04. The lowest BCUT2D eigenvalue weighted by atomic mass is 10.0. The lowest BCUT2D eigenvalue weighted by Crippen LogP contribution is -1.94. The van der Waals surface area contributed by atoms with Crippen molar-refractivity contribution in [3.8, 4) is 16.9 Å². The minimum atomic E-state index is -0.548. The van der Waals surface area contributed by atoms with Crippen LogP contribution in [0.15, 0.2) is 68.4 Å². The highest BCUT2D eigenvalue weighted by Crippen LogP contribution is 2.26. The van der Waals surface area contributed by atoms with Crippen LogP contribution in [-0.2, 0) is 12.8 Å². The van der Waals surface area contributed by atoms with Gasteiger partial charge in [0.25, 0.3) is 0 Å². The van der Waals surface area contributed by atoms with Crippen molar-refractivity contribution in [2.45, 2.75) is 12.8 Å². The molecule has 0 spiro atoms. The molecule has 4 rings (SSSR count). The predicted molar refractivity (Wildman–Crippen MR) is 106 cm³/mol. The van der Waals surface area contributed by atoms with E-state index in [0.717, 1.165) is 27.0 Å². The number of rotatable bonds is 5. The Morgan fingerprint density at radius 3 is 2.48 bits per heavy atom. The summed E-state index contributed by atoms with van der Waals surface area (Å²) < 4.78 is 7.84. The van der Waals surface area contributed by atoms with E-state index in [1.807, 2.05) is 59.4 Å². The SMILES string of the molecule is O=c1[nH]nc(CCc2cn(-c3ccc(Br)cc3)nc2-c2ccc(Cl)cc2)o1. The fourth-order valence-electron chi connectivity index (χ4n) is 2.78. The zero-order valence-corrected chi connectivity index (χ0v) is 16.4. The van der Waals surface area contributed by atoms with Crippen molar-refractivity contribution < 1.29 is 4.42 Å². The second kappa shape index (κ2) is 7.54. The summed E-state index contributed by atoms with van der Waals surface area (Å²) in [6.45, 7) is 0. The van der Waals surface area contributed by atoms with E-state index in [1.165, 1.54) is 0 Å². The Kier molecular flexibility index (Phi) is 4.96. The molecule has 136 valence electrons. The van der Waals surface area contributed by atoms with Crippen molar-refractivity contribution in [3.05, 3.63) is 86.2 Å². The topological polar surface area (TPSA) is 76.7 Å². The number of hydrogen-bond acceptors (Lipinski definition) is 4. The van der Waals surface area contributed by atoms with E-state index in [9.17, 15) is 4.79 Å². The van der Waals surface area contributed by atoms with Gasteiger partial charge in [0.05, 0.1) is 11.4 Å². The number of aryl methyl sites for hydroxylation is 2. The molecular weight excluding hydrogens is 432 g/mol. The molecule has 0 saturated heterocycles. The van der Waals surface area contributed by atoms with Gasteiger partial charge in [0.2, 0.25) is 5.89 Å². The molecule has 4 aromatic rings. The first-order valence-corrected chi connectivity index (χ1v) is 9.40. The molecule has 0 aliphatic rings. The van der Waals surface area contributed by atoms with Crippen molar-refractivity contribution >= 4 is 27.5 Å². The standard InChI is InChI=1S/C19H14BrClN4O2/c20-14-4-8-16(9-5-14)25-11-13(3-10-17-22-23-19(26)27-17)18(24-25)12-1-6-15(21)7-2-12/h1-2,4-9,11H,3,10H2,(H,23,26). The Morgan fingerprint density at radius 2 is 1.81 bits per heavy atom. The molecule has 2 heterocycles. The second-order valence-corrected chi connectivity index (χ2v) is 7.29. The van der Waals surface area contributed by atoms with Gasteiger partial charge in [-0.05, 0) is 48.4 Å². The number of halogens is 2. The van der Waals surface area contributed by atoms with Gasteiger partial charge in [0, 0.05) is 27.7 Å². The third-order valence-electron chi connectivity index (χ3n) is 4.09. The maximum Gasteiger partial charge on any atom is 0.434 e. The minimum Gasteiger partial charge on any atom is -0.392 e. The molecule has 1 N–H and O–H groups in total. The van der Waals surface area contributed by atoms with Crippen molar-refractivity contribution in [1.82, 2.24) is 20.0 Å². The molecule has 0 unspecified atom stereocenters. The summed E-state index contributed by atoms with van der Waals surface area (Å²) in [7, 11) is 0. The highest BCUT2D eigenvalue weighted by atomic mass is 79.9. The molecule has 27 heavy (non-hydrogen) atoms. The molecule has 0 atom stereocenters. The Morgan fingerprint density at radius 1 is 1.07 bits per heavy atom. The van der Waals surface area contributed by atoms with Crippen LogP contribution in [0, 0.1) is 0 Å². The van der Waals surface area contributed by atoms with Crippen LogP contribution in [0.3, 0.4) is 0 Å². The number of aromatic nitrogens is 4. The number of nitrogens with zero attached hydrogens (tertiary/aromatic N) is 3. The number of nitrogens with one attached hydrogen (secondary N) is 1. The van der Waals surface area contributed by atoms with Crippen LogP contribution in [0.4, 0.5) is 0 Å². The predicted octanol–water partition coefficient (Wildman–Crippen LogP) is 4.42. The summed E-state index contributed by atoms with van der Waals surface area (Å²) in [6, 6.07) is 15.5. The lowest BCUT2D eigenvalue weighted by Gasteiger charge is -2.02. The fraction of sp³-hybridized carbons (Fsp3) is 0.105. The van der Waals surface area contributed by atoms with Crippen LogP contribution in [-0.4, -0.2) is 20.0 Å². The van der Waals surface area contributed by atoms with Crippen LogP contribution >= 0.6 is 27.5 Å². The van der Waals surface area contributed by atoms with E-state index >= 15 is 0 Å². The molecule has 0 aliphatic carbocycles. The van der Waals surface area contributed by atoms with E-state index in [0.29, 0.717) is 23.8 Å².